The van der Waals surface area contributed by atoms with Crippen LogP contribution in [0.1, 0.15) is 25.3 Å². The summed E-state index contributed by atoms with van der Waals surface area (Å²) in [5, 5.41) is 0. The minimum absolute atomic E-state index is 0.160. The maximum absolute atomic E-state index is 13.4. The Morgan fingerprint density at radius 3 is 2.44 bits per heavy atom. The second-order valence-corrected chi connectivity index (χ2v) is 3.59. The Hall–Kier alpha value is -1.38. The standard InChI is InChI=1S/C13H16F2O/c1-3-9-13(14,15)10-12(16-2)11-7-5-4-6-8-11/h4-8,10H,3,9H2,1-2H3/b12-10-. The normalized spacial score (nSPS) is 12.6. The molecule has 1 aromatic rings. The monoisotopic (exact) mass is 226 g/mol. The van der Waals surface area contributed by atoms with Crippen molar-refractivity contribution in [1.82, 2.24) is 0 Å². The van der Waals surface area contributed by atoms with E-state index in [1.165, 1.54) is 7.11 Å². The molecule has 0 N–H and O–H groups in total. The number of rotatable bonds is 5. The van der Waals surface area contributed by atoms with Gasteiger partial charge in [-0.2, -0.15) is 0 Å². The van der Waals surface area contributed by atoms with Crippen LogP contribution in [0.2, 0.25) is 0 Å². The molecule has 0 amide bonds. The Morgan fingerprint density at radius 1 is 1.31 bits per heavy atom. The molecule has 1 rings (SSSR count). The van der Waals surface area contributed by atoms with E-state index in [1.807, 2.05) is 6.07 Å². The lowest BCUT2D eigenvalue weighted by Crippen LogP contribution is -2.12. The second kappa shape index (κ2) is 5.64. The zero-order valence-corrected chi connectivity index (χ0v) is 9.54. The van der Waals surface area contributed by atoms with Crippen LogP contribution in [0.25, 0.3) is 5.76 Å². The molecule has 0 aliphatic rings. The quantitative estimate of drug-likeness (QED) is 0.686. The lowest BCUT2D eigenvalue weighted by Gasteiger charge is -2.13. The number of hydrogen-bond donors (Lipinski definition) is 0. The molecule has 1 nitrogen and oxygen atoms in total. The largest absolute Gasteiger partial charge is 0.496 e. The third-order valence-corrected chi connectivity index (χ3v) is 2.20. The summed E-state index contributed by atoms with van der Waals surface area (Å²) in [7, 11) is 1.40. The minimum atomic E-state index is -2.81. The molecule has 0 heterocycles. The van der Waals surface area contributed by atoms with Crippen LogP contribution in [-0.4, -0.2) is 13.0 Å². The number of allylic oxidation sites excluding steroid dienone is 1. The lowest BCUT2D eigenvalue weighted by molar-refractivity contribution is 0.0436. The van der Waals surface area contributed by atoms with E-state index < -0.39 is 5.92 Å². The van der Waals surface area contributed by atoms with E-state index in [4.69, 9.17) is 4.74 Å². The van der Waals surface area contributed by atoms with Crippen molar-refractivity contribution in [1.29, 1.82) is 0 Å². The summed E-state index contributed by atoms with van der Waals surface area (Å²) in [5.41, 5.74) is 0.667. The van der Waals surface area contributed by atoms with Crippen LogP contribution >= 0.6 is 0 Å². The molecular weight excluding hydrogens is 210 g/mol. The number of alkyl halides is 2. The Labute approximate surface area is 94.7 Å². The molecule has 0 aliphatic carbocycles. The predicted octanol–water partition coefficient (Wildman–Crippen LogP) is 4.11. The van der Waals surface area contributed by atoms with Crippen molar-refractivity contribution in [3.8, 4) is 0 Å². The Bertz CT molecular complexity index is 344. The van der Waals surface area contributed by atoms with Crippen LogP contribution in [0, 0.1) is 0 Å². The number of methoxy groups -OCH3 is 1. The van der Waals surface area contributed by atoms with Crippen molar-refractivity contribution in [2.45, 2.75) is 25.7 Å². The second-order valence-electron chi connectivity index (χ2n) is 3.59. The highest BCUT2D eigenvalue weighted by Gasteiger charge is 2.26. The van der Waals surface area contributed by atoms with Crippen molar-refractivity contribution >= 4 is 5.76 Å². The highest BCUT2D eigenvalue weighted by atomic mass is 19.3. The topological polar surface area (TPSA) is 9.23 Å². The van der Waals surface area contributed by atoms with Crippen LogP contribution in [0.15, 0.2) is 36.4 Å². The van der Waals surface area contributed by atoms with E-state index in [1.54, 1.807) is 31.2 Å². The molecule has 0 unspecified atom stereocenters. The molecule has 0 aromatic heterocycles. The van der Waals surface area contributed by atoms with Crippen molar-refractivity contribution in [3.63, 3.8) is 0 Å². The van der Waals surface area contributed by atoms with Crippen LogP contribution in [0.3, 0.4) is 0 Å². The van der Waals surface area contributed by atoms with Gasteiger partial charge in [-0.1, -0.05) is 43.7 Å². The third-order valence-electron chi connectivity index (χ3n) is 2.20. The molecule has 88 valence electrons. The maximum Gasteiger partial charge on any atom is 0.270 e. The Morgan fingerprint density at radius 2 is 1.94 bits per heavy atom. The summed E-state index contributed by atoms with van der Waals surface area (Å²) in [6.07, 6.45) is 1.17. The minimum Gasteiger partial charge on any atom is -0.496 e. The zero-order valence-electron chi connectivity index (χ0n) is 9.54. The van der Waals surface area contributed by atoms with Crippen LogP contribution in [0.4, 0.5) is 8.78 Å². The van der Waals surface area contributed by atoms with E-state index in [9.17, 15) is 8.78 Å². The molecular formula is C13H16F2O. The van der Waals surface area contributed by atoms with Crippen molar-refractivity contribution in [3.05, 3.63) is 42.0 Å². The molecule has 0 radical (unpaired) electrons. The number of halogens is 2. The Balaban J connectivity index is 2.94. The van der Waals surface area contributed by atoms with Gasteiger partial charge in [-0.05, 0) is 0 Å². The molecule has 3 heteroatoms. The van der Waals surface area contributed by atoms with Gasteiger partial charge in [0.1, 0.15) is 5.76 Å². The number of hydrogen-bond acceptors (Lipinski definition) is 1. The molecule has 0 bridgehead atoms. The van der Waals surface area contributed by atoms with E-state index in [-0.39, 0.29) is 12.2 Å². The van der Waals surface area contributed by atoms with E-state index >= 15 is 0 Å². The van der Waals surface area contributed by atoms with Gasteiger partial charge in [-0.3, -0.25) is 0 Å². The molecule has 0 fully saturated rings. The van der Waals surface area contributed by atoms with E-state index in [0.29, 0.717) is 12.0 Å². The highest BCUT2D eigenvalue weighted by molar-refractivity contribution is 5.60. The van der Waals surface area contributed by atoms with Gasteiger partial charge < -0.3 is 4.74 Å². The van der Waals surface area contributed by atoms with Gasteiger partial charge in [-0.25, -0.2) is 8.78 Å². The molecule has 0 saturated carbocycles. The fraction of sp³-hybridized carbons (Fsp3) is 0.385. The van der Waals surface area contributed by atoms with Gasteiger partial charge in [0.05, 0.1) is 7.11 Å². The molecule has 1 aromatic carbocycles. The van der Waals surface area contributed by atoms with Crippen LogP contribution in [-0.2, 0) is 4.74 Å². The first-order valence-electron chi connectivity index (χ1n) is 5.29. The SMILES string of the molecule is CCCC(F)(F)/C=C(\OC)c1ccccc1. The van der Waals surface area contributed by atoms with E-state index in [2.05, 4.69) is 0 Å². The fourth-order valence-electron chi connectivity index (χ4n) is 1.46. The first-order valence-corrected chi connectivity index (χ1v) is 5.29. The summed E-state index contributed by atoms with van der Waals surface area (Å²) in [5.74, 6) is -2.59. The van der Waals surface area contributed by atoms with Gasteiger partial charge >= 0.3 is 0 Å². The van der Waals surface area contributed by atoms with Gasteiger partial charge in [0.2, 0.25) is 0 Å². The van der Waals surface area contributed by atoms with E-state index in [0.717, 1.165) is 6.08 Å². The van der Waals surface area contributed by atoms with Crippen molar-refractivity contribution in [2.75, 3.05) is 7.11 Å². The first-order chi connectivity index (χ1) is 7.59. The maximum atomic E-state index is 13.4. The molecule has 0 spiro atoms. The number of benzene rings is 1. The van der Waals surface area contributed by atoms with Crippen LogP contribution in [0.5, 0.6) is 0 Å². The fourth-order valence-corrected chi connectivity index (χ4v) is 1.46. The van der Waals surface area contributed by atoms with Crippen molar-refractivity contribution in [2.24, 2.45) is 0 Å². The Kier molecular flexibility index (Phi) is 4.47. The summed E-state index contributed by atoms with van der Waals surface area (Å²) < 4.78 is 31.8. The highest BCUT2D eigenvalue weighted by Crippen LogP contribution is 2.27. The first kappa shape index (κ1) is 12.7. The molecule has 0 saturated heterocycles. The summed E-state index contributed by atoms with van der Waals surface area (Å²) in [6, 6.07) is 8.91. The summed E-state index contributed by atoms with van der Waals surface area (Å²) >= 11 is 0. The van der Waals surface area contributed by atoms with Gasteiger partial charge in [0.25, 0.3) is 5.92 Å². The van der Waals surface area contributed by atoms with Gasteiger partial charge in [-0.15, -0.1) is 0 Å². The zero-order chi connectivity index (χ0) is 12.0. The lowest BCUT2D eigenvalue weighted by atomic mass is 10.1. The molecule has 16 heavy (non-hydrogen) atoms. The summed E-state index contributed by atoms with van der Waals surface area (Å²) in [6.45, 7) is 1.73. The predicted molar refractivity (Wildman–Crippen MR) is 61.3 cm³/mol. The smallest absolute Gasteiger partial charge is 0.270 e. The summed E-state index contributed by atoms with van der Waals surface area (Å²) in [4.78, 5) is 0. The van der Waals surface area contributed by atoms with Gasteiger partial charge in [0, 0.05) is 18.1 Å². The molecule has 0 atom stereocenters. The average Bonchev–Trinajstić information content (AvgIpc) is 2.27. The van der Waals surface area contributed by atoms with Crippen LogP contribution < -0.4 is 0 Å². The number of ether oxygens (including phenoxy) is 1. The van der Waals surface area contributed by atoms with Gasteiger partial charge in [0.15, 0.2) is 0 Å². The third kappa shape index (κ3) is 3.65. The molecule has 0 aliphatic heterocycles. The average molecular weight is 226 g/mol. The van der Waals surface area contributed by atoms with Crippen molar-refractivity contribution < 1.29 is 13.5 Å².